The molecule has 0 saturated carbocycles. The van der Waals surface area contributed by atoms with Gasteiger partial charge in [-0.1, -0.05) is 6.92 Å². The van der Waals surface area contributed by atoms with Crippen LogP contribution in [0.3, 0.4) is 0 Å². The number of rotatable bonds is 4. The zero-order valence-corrected chi connectivity index (χ0v) is 11.6. The van der Waals surface area contributed by atoms with Gasteiger partial charge >= 0.3 is 0 Å². The first kappa shape index (κ1) is 13.5. The summed E-state index contributed by atoms with van der Waals surface area (Å²) >= 11 is 0. The summed E-state index contributed by atoms with van der Waals surface area (Å²) in [4.78, 5) is 6.59. The van der Waals surface area contributed by atoms with Gasteiger partial charge in [-0.2, -0.15) is 5.10 Å². The fourth-order valence-corrected chi connectivity index (χ4v) is 2.69. The van der Waals surface area contributed by atoms with Crippen molar-refractivity contribution in [2.24, 2.45) is 0 Å². The zero-order chi connectivity index (χ0) is 13.2. The Bertz CT molecular complexity index is 392. The maximum atomic E-state index is 10.7. The normalized spacial score (nSPS) is 29.7. The van der Waals surface area contributed by atoms with Crippen LogP contribution in [0.25, 0.3) is 0 Å². The molecule has 0 aliphatic carbocycles. The van der Waals surface area contributed by atoms with Gasteiger partial charge in [0, 0.05) is 25.6 Å². The minimum Gasteiger partial charge on any atom is -0.389 e. The molecule has 0 spiro atoms. The van der Waals surface area contributed by atoms with Crippen molar-refractivity contribution in [3.05, 3.63) is 12.2 Å². The molecule has 1 N–H and O–H groups in total. The molecular weight excluding hydrogens is 228 g/mol. The molecule has 1 fully saturated rings. The number of hydrogen-bond donors (Lipinski definition) is 1. The number of aliphatic hydroxyl groups is 1. The van der Waals surface area contributed by atoms with Crippen LogP contribution >= 0.6 is 0 Å². The average molecular weight is 252 g/mol. The largest absolute Gasteiger partial charge is 0.389 e. The molecular formula is C13H24N4O. The van der Waals surface area contributed by atoms with Gasteiger partial charge in [-0.3, -0.25) is 4.68 Å². The molecule has 1 saturated heterocycles. The quantitative estimate of drug-likeness (QED) is 0.871. The van der Waals surface area contributed by atoms with E-state index in [4.69, 9.17) is 0 Å². The fourth-order valence-electron chi connectivity index (χ4n) is 2.69. The average Bonchev–Trinajstić information content (AvgIpc) is 2.72. The van der Waals surface area contributed by atoms with E-state index in [0.29, 0.717) is 12.5 Å². The maximum Gasteiger partial charge on any atom is 0.138 e. The molecule has 1 aromatic heterocycles. The van der Waals surface area contributed by atoms with Crippen LogP contribution in [0, 0.1) is 0 Å². The molecule has 1 aromatic rings. The zero-order valence-electron chi connectivity index (χ0n) is 11.6. The van der Waals surface area contributed by atoms with Crippen molar-refractivity contribution in [1.29, 1.82) is 0 Å². The first-order valence-corrected chi connectivity index (χ1v) is 6.83. The molecule has 0 bridgehead atoms. The lowest BCUT2D eigenvalue weighted by Crippen LogP contribution is -2.49. The van der Waals surface area contributed by atoms with Crippen molar-refractivity contribution in [1.82, 2.24) is 19.7 Å². The Morgan fingerprint density at radius 1 is 1.56 bits per heavy atom. The molecule has 5 nitrogen and oxygen atoms in total. The summed E-state index contributed by atoms with van der Waals surface area (Å²) in [5, 5.41) is 14.9. The second-order valence-electron chi connectivity index (χ2n) is 5.58. The Kier molecular flexibility index (Phi) is 4.02. The molecule has 102 valence electrons. The van der Waals surface area contributed by atoms with Gasteiger partial charge in [0.05, 0.1) is 5.60 Å². The van der Waals surface area contributed by atoms with E-state index in [1.54, 1.807) is 6.33 Å². The molecule has 0 radical (unpaired) electrons. The summed E-state index contributed by atoms with van der Waals surface area (Å²) in [5.41, 5.74) is -0.621. The highest BCUT2D eigenvalue weighted by Crippen LogP contribution is 2.28. The SMILES string of the molecule is CCCn1ncnc1CC1(O)CCN(C)C(C)C1. The van der Waals surface area contributed by atoms with Gasteiger partial charge < -0.3 is 10.0 Å². The molecule has 0 aromatic carbocycles. The van der Waals surface area contributed by atoms with Crippen LogP contribution < -0.4 is 0 Å². The van der Waals surface area contributed by atoms with Gasteiger partial charge in [0.25, 0.3) is 0 Å². The highest BCUT2D eigenvalue weighted by molar-refractivity contribution is 4.98. The van der Waals surface area contributed by atoms with Gasteiger partial charge in [-0.25, -0.2) is 4.98 Å². The summed E-state index contributed by atoms with van der Waals surface area (Å²) in [7, 11) is 2.11. The minimum atomic E-state index is -0.621. The molecule has 1 aliphatic rings. The lowest BCUT2D eigenvalue weighted by atomic mass is 9.84. The first-order chi connectivity index (χ1) is 8.54. The van der Waals surface area contributed by atoms with Crippen LogP contribution in [0.2, 0.25) is 0 Å². The lowest BCUT2D eigenvalue weighted by molar-refractivity contribution is -0.0373. The summed E-state index contributed by atoms with van der Waals surface area (Å²) in [5.74, 6) is 0.913. The Balaban J connectivity index is 2.05. The van der Waals surface area contributed by atoms with E-state index in [9.17, 15) is 5.11 Å². The first-order valence-electron chi connectivity index (χ1n) is 6.83. The molecule has 2 atom stereocenters. The van der Waals surface area contributed by atoms with Crippen molar-refractivity contribution >= 4 is 0 Å². The molecule has 2 heterocycles. The molecule has 0 amide bonds. The maximum absolute atomic E-state index is 10.7. The van der Waals surface area contributed by atoms with Crippen LogP contribution in [0.4, 0.5) is 0 Å². The summed E-state index contributed by atoms with van der Waals surface area (Å²) in [6.07, 6.45) is 4.86. The van der Waals surface area contributed by atoms with E-state index in [1.807, 2.05) is 4.68 Å². The van der Waals surface area contributed by atoms with E-state index in [2.05, 4.69) is 35.9 Å². The van der Waals surface area contributed by atoms with Gasteiger partial charge in [0.15, 0.2) is 0 Å². The van der Waals surface area contributed by atoms with Crippen molar-refractivity contribution in [2.45, 2.75) is 57.7 Å². The highest BCUT2D eigenvalue weighted by Gasteiger charge is 2.36. The van der Waals surface area contributed by atoms with Crippen LogP contribution in [0.5, 0.6) is 0 Å². The topological polar surface area (TPSA) is 54.2 Å². The number of hydrogen-bond acceptors (Lipinski definition) is 4. The number of aryl methyl sites for hydroxylation is 1. The van der Waals surface area contributed by atoms with E-state index in [0.717, 1.165) is 38.2 Å². The lowest BCUT2D eigenvalue weighted by Gasteiger charge is -2.40. The monoisotopic (exact) mass is 252 g/mol. The van der Waals surface area contributed by atoms with Crippen molar-refractivity contribution in [3.63, 3.8) is 0 Å². The van der Waals surface area contributed by atoms with Gasteiger partial charge in [0.1, 0.15) is 12.2 Å². The fraction of sp³-hybridized carbons (Fsp3) is 0.846. The predicted molar refractivity (Wildman–Crippen MR) is 70.3 cm³/mol. The Morgan fingerprint density at radius 3 is 3.00 bits per heavy atom. The summed E-state index contributed by atoms with van der Waals surface area (Å²) in [6, 6.07) is 0.422. The van der Waals surface area contributed by atoms with Crippen LogP contribution in [-0.2, 0) is 13.0 Å². The van der Waals surface area contributed by atoms with E-state index < -0.39 is 5.60 Å². The standard InChI is InChI=1S/C13H24N4O/c1-4-6-17-12(14-10-15-17)9-13(18)5-7-16(3)11(2)8-13/h10-11,18H,4-9H2,1-3H3. The number of likely N-dealkylation sites (tertiary alicyclic amines) is 1. The van der Waals surface area contributed by atoms with Crippen LogP contribution in [0.1, 0.15) is 38.9 Å². The molecule has 5 heteroatoms. The smallest absolute Gasteiger partial charge is 0.138 e. The van der Waals surface area contributed by atoms with Crippen LogP contribution in [0.15, 0.2) is 6.33 Å². The Hall–Kier alpha value is -0.940. The minimum absolute atomic E-state index is 0.422. The molecule has 1 aliphatic heterocycles. The predicted octanol–water partition coefficient (Wildman–Crippen LogP) is 1.08. The Morgan fingerprint density at radius 2 is 2.33 bits per heavy atom. The van der Waals surface area contributed by atoms with Crippen LogP contribution in [-0.4, -0.2) is 50.0 Å². The summed E-state index contributed by atoms with van der Waals surface area (Å²) in [6.45, 7) is 6.11. The van der Waals surface area contributed by atoms with E-state index in [1.165, 1.54) is 0 Å². The number of piperidine rings is 1. The summed E-state index contributed by atoms with van der Waals surface area (Å²) < 4.78 is 1.92. The Labute approximate surface area is 109 Å². The van der Waals surface area contributed by atoms with Crippen molar-refractivity contribution < 1.29 is 5.11 Å². The molecule has 2 unspecified atom stereocenters. The molecule has 2 rings (SSSR count). The number of aromatic nitrogens is 3. The number of nitrogens with zero attached hydrogens (tertiary/aromatic N) is 4. The van der Waals surface area contributed by atoms with E-state index >= 15 is 0 Å². The third-order valence-electron chi connectivity index (χ3n) is 3.98. The van der Waals surface area contributed by atoms with Crippen molar-refractivity contribution in [3.8, 4) is 0 Å². The van der Waals surface area contributed by atoms with Crippen molar-refractivity contribution in [2.75, 3.05) is 13.6 Å². The highest BCUT2D eigenvalue weighted by atomic mass is 16.3. The van der Waals surface area contributed by atoms with Gasteiger partial charge in [-0.05, 0) is 33.2 Å². The third-order valence-corrected chi connectivity index (χ3v) is 3.98. The third kappa shape index (κ3) is 2.90. The van der Waals surface area contributed by atoms with Gasteiger partial charge in [0.2, 0.25) is 0 Å². The van der Waals surface area contributed by atoms with Gasteiger partial charge in [-0.15, -0.1) is 0 Å². The second kappa shape index (κ2) is 5.36. The second-order valence-corrected chi connectivity index (χ2v) is 5.58. The van der Waals surface area contributed by atoms with E-state index in [-0.39, 0.29) is 0 Å². The molecule has 18 heavy (non-hydrogen) atoms.